The number of aliphatic hydroxyl groups excluding tert-OH is 1. The van der Waals surface area contributed by atoms with Crippen LogP contribution in [0.1, 0.15) is 45.3 Å². The summed E-state index contributed by atoms with van der Waals surface area (Å²) in [6.45, 7) is 7.04. The molecule has 1 aromatic carbocycles. The van der Waals surface area contributed by atoms with Crippen molar-refractivity contribution in [3.05, 3.63) is 29.8 Å². The van der Waals surface area contributed by atoms with E-state index < -0.39 is 6.10 Å². The summed E-state index contributed by atoms with van der Waals surface area (Å²) in [6.07, 6.45) is 1.79. The Balaban J connectivity index is 1.82. The van der Waals surface area contributed by atoms with E-state index in [1.54, 1.807) is 0 Å². The van der Waals surface area contributed by atoms with Gasteiger partial charge in [-0.3, -0.25) is 0 Å². The number of hydrogen-bond acceptors (Lipinski definition) is 4. The number of hydrogen-bond donors (Lipinski definition) is 1. The SMILES string of the molecule is CCOc1ccc(C(O)COC2CC(C)OC(C)C2)cc1. The van der Waals surface area contributed by atoms with Crippen molar-refractivity contribution in [1.29, 1.82) is 0 Å². The van der Waals surface area contributed by atoms with E-state index >= 15 is 0 Å². The standard InChI is InChI=1S/C17H26O4/c1-4-19-15-7-5-14(6-8-15)17(18)11-20-16-9-12(2)21-13(3)10-16/h5-8,12-13,16-18H,4,9-11H2,1-3H3. The Hall–Kier alpha value is -1.10. The van der Waals surface area contributed by atoms with E-state index in [1.807, 2.05) is 31.2 Å². The second kappa shape index (κ2) is 7.78. The predicted molar refractivity (Wildman–Crippen MR) is 81.6 cm³/mol. The lowest BCUT2D eigenvalue weighted by Crippen LogP contribution is -2.34. The molecule has 3 atom stereocenters. The lowest BCUT2D eigenvalue weighted by Gasteiger charge is -2.32. The number of rotatable bonds is 6. The predicted octanol–water partition coefficient (Wildman–Crippen LogP) is 3.09. The average Bonchev–Trinajstić information content (AvgIpc) is 2.45. The number of aliphatic hydroxyl groups is 1. The molecule has 1 N–H and O–H groups in total. The third-order valence-corrected chi connectivity index (χ3v) is 3.72. The summed E-state index contributed by atoms with van der Waals surface area (Å²) >= 11 is 0. The Labute approximate surface area is 127 Å². The normalized spacial score (nSPS) is 27.3. The summed E-state index contributed by atoms with van der Waals surface area (Å²) in [5.41, 5.74) is 0.853. The third kappa shape index (κ3) is 4.99. The summed E-state index contributed by atoms with van der Waals surface area (Å²) < 4.78 is 16.9. The highest BCUT2D eigenvalue weighted by Gasteiger charge is 2.25. The molecule has 1 aliphatic heterocycles. The van der Waals surface area contributed by atoms with E-state index in [0.717, 1.165) is 24.2 Å². The maximum Gasteiger partial charge on any atom is 0.119 e. The molecule has 1 heterocycles. The first-order valence-electron chi connectivity index (χ1n) is 7.76. The van der Waals surface area contributed by atoms with Gasteiger partial charge in [0.1, 0.15) is 11.9 Å². The molecule has 2 rings (SSSR count). The van der Waals surface area contributed by atoms with Crippen LogP contribution in [0.25, 0.3) is 0 Å². The van der Waals surface area contributed by atoms with Gasteiger partial charge in [0.2, 0.25) is 0 Å². The van der Waals surface area contributed by atoms with Gasteiger partial charge >= 0.3 is 0 Å². The lowest BCUT2D eigenvalue weighted by atomic mass is 10.0. The molecule has 4 heteroatoms. The summed E-state index contributed by atoms with van der Waals surface area (Å²) in [7, 11) is 0. The van der Waals surface area contributed by atoms with Crippen LogP contribution < -0.4 is 4.74 Å². The van der Waals surface area contributed by atoms with Gasteiger partial charge < -0.3 is 19.3 Å². The first kappa shape index (κ1) is 16.3. The van der Waals surface area contributed by atoms with Gasteiger partial charge in [-0.2, -0.15) is 0 Å². The molecular weight excluding hydrogens is 268 g/mol. The fourth-order valence-corrected chi connectivity index (χ4v) is 2.76. The molecule has 0 amide bonds. The first-order valence-corrected chi connectivity index (χ1v) is 7.76. The molecule has 3 unspecified atom stereocenters. The van der Waals surface area contributed by atoms with Gasteiger partial charge in [0, 0.05) is 0 Å². The van der Waals surface area contributed by atoms with Crippen LogP contribution in [0.4, 0.5) is 0 Å². The van der Waals surface area contributed by atoms with E-state index in [1.165, 1.54) is 0 Å². The van der Waals surface area contributed by atoms with Crippen molar-refractivity contribution in [2.24, 2.45) is 0 Å². The first-order chi connectivity index (χ1) is 10.1. The van der Waals surface area contributed by atoms with E-state index in [2.05, 4.69) is 13.8 Å². The van der Waals surface area contributed by atoms with Crippen LogP contribution in [0.3, 0.4) is 0 Å². The molecule has 1 aliphatic rings. The van der Waals surface area contributed by atoms with Crippen LogP contribution in [-0.2, 0) is 9.47 Å². The Bertz CT molecular complexity index is 407. The Kier molecular flexibility index (Phi) is 6.03. The zero-order valence-corrected chi connectivity index (χ0v) is 13.1. The van der Waals surface area contributed by atoms with Crippen LogP contribution in [0.15, 0.2) is 24.3 Å². The summed E-state index contributed by atoms with van der Waals surface area (Å²) in [5, 5.41) is 10.2. The Morgan fingerprint density at radius 3 is 2.38 bits per heavy atom. The summed E-state index contributed by atoms with van der Waals surface area (Å²) in [4.78, 5) is 0. The van der Waals surface area contributed by atoms with Crippen LogP contribution in [0, 0.1) is 0 Å². The van der Waals surface area contributed by atoms with Crippen molar-refractivity contribution in [3.8, 4) is 5.75 Å². The number of ether oxygens (including phenoxy) is 3. The van der Waals surface area contributed by atoms with Crippen molar-refractivity contribution in [1.82, 2.24) is 0 Å². The minimum Gasteiger partial charge on any atom is -0.494 e. The van der Waals surface area contributed by atoms with E-state index in [0.29, 0.717) is 13.2 Å². The molecule has 0 aliphatic carbocycles. The van der Waals surface area contributed by atoms with Crippen molar-refractivity contribution in [2.75, 3.05) is 13.2 Å². The molecule has 1 fully saturated rings. The number of benzene rings is 1. The van der Waals surface area contributed by atoms with Gasteiger partial charge in [0.05, 0.1) is 31.5 Å². The van der Waals surface area contributed by atoms with Gasteiger partial charge in [0.25, 0.3) is 0 Å². The fraction of sp³-hybridized carbons (Fsp3) is 0.647. The monoisotopic (exact) mass is 294 g/mol. The minimum atomic E-state index is -0.603. The van der Waals surface area contributed by atoms with Crippen molar-refractivity contribution < 1.29 is 19.3 Å². The second-order valence-corrected chi connectivity index (χ2v) is 5.70. The van der Waals surface area contributed by atoms with Crippen molar-refractivity contribution in [3.63, 3.8) is 0 Å². The molecule has 0 saturated carbocycles. The topological polar surface area (TPSA) is 47.9 Å². The quantitative estimate of drug-likeness (QED) is 0.876. The highest BCUT2D eigenvalue weighted by molar-refractivity contribution is 5.28. The maximum atomic E-state index is 10.2. The van der Waals surface area contributed by atoms with Crippen LogP contribution >= 0.6 is 0 Å². The molecule has 0 spiro atoms. The average molecular weight is 294 g/mol. The largest absolute Gasteiger partial charge is 0.494 e. The molecule has 0 radical (unpaired) electrons. The molecule has 4 nitrogen and oxygen atoms in total. The summed E-state index contributed by atoms with van der Waals surface area (Å²) in [5.74, 6) is 0.821. The van der Waals surface area contributed by atoms with Gasteiger partial charge in [0.15, 0.2) is 0 Å². The molecule has 1 saturated heterocycles. The smallest absolute Gasteiger partial charge is 0.119 e. The highest BCUT2D eigenvalue weighted by atomic mass is 16.5. The van der Waals surface area contributed by atoms with Gasteiger partial charge in [-0.05, 0) is 51.3 Å². The van der Waals surface area contributed by atoms with E-state index in [9.17, 15) is 5.11 Å². The van der Waals surface area contributed by atoms with Crippen molar-refractivity contribution in [2.45, 2.75) is 58.0 Å². The highest BCUT2D eigenvalue weighted by Crippen LogP contribution is 2.24. The molecular formula is C17H26O4. The van der Waals surface area contributed by atoms with Crippen LogP contribution in [0.5, 0.6) is 5.75 Å². The van der Waals surface area contributed by atoms with E-state index in [4.69, 9.17) is 14.2 Å². The molecule has 21 heavy (non-hydrogen) atoms. The Morgan fingerprint density at radius 1 is 1.19 bits per heavy atom. The lowest BCUT2D eigenvalue weighted by molar-refractivity contribution is -0.113. The molecule has 0 bridgehead atoms. The Morgan fingerprint density at radius 2 is 1.81 bits per heavy atom. The zero-order chi connectivity index (χ0) is 15.2. The third-order valence-electron chi connectivity index (χ3n) is 3.72. The molecule has 1 aromatic rings. The molecule has 118 valence electrons. The molecule has 0 aromatic heterocycles. The fourth-order valence-electron chi connectivity index (χ4n) is 2.76. The maximum absolute atomic E-state index is 10.2. The second-order valence-electron chi connectivity index (χ2n) is 5.70. The van der Waals surface area contributed by atoms with Gasteiger partial charge in [-0.1, -0.05) is 12.1 Å². The van der Waals surface area contributed by atoms with E-state index in [-0.39, 0.29) is 18.3 Å². The van der Waals surface area contributed by atoms with Gasteiger partial charge in [-0.15, -0.1) is 0 Å². The minimum absolute atomic E-state index is 0.168. The van der Waals surface area contributed by atoms with Crippen LogP contribution in [-0.4, -0.2) is 36.6 Å². The van der Waals surface area contributed by atoms with Gasteiger partial charge in [-0.25, -0.2) is 0 Å². The summed E-state index contributed by atoms with van der Waals surface area (Å²) in [6, 6.07) is 7.52. The zero-order valence-electron chi connectivity index (χ0n) is 13.1. The van der Waals surface area contributed by atoms with Crippen LogP contribution in [0.2, 0.25) is 0 Å². The van der Waals surface area contributed by atoms with Crippen molar-refractivity contribution >= 4 is 0 Å².